The van der Waals surface area contributed by atoms with Gasteiger partial charge in [-0.15, -0.1) is 0 Å². The SMILES string of the molecule is COc1ccc(OCC(=O)Nc2cc(C(=O)N3CCOCC3)cn(C)c2=O)cc1. The van der Waals surface area contributed by atoms with Gasteiger partial charge < -0.3 is 29.0 Å². The minimum atomic E-state index is -0.506. The Morgan fingerprint density at radius 3 is 2.45 bits per heavy atom. The van der Waals surface area contributed by atoms with Crippen LogP contribution in [0.2, 0.25) is 0 Å². The number of nitrogens with one attached hydrogen (secondary N) is 1. The molecule has 9 heteroatoms. The van der Waals surface area contributed by atoms with Crippen LogP contribution in [0.15, 0.2) is 41.3 Å². The van der Waals surface area contributed by atoms with Crippen LogP contribution in [0.5, 0.6) is 11.5 Å². The van der Waals surface area contributed by atoms with Crippen molar-refractivity contribution in [1.29, 1.82) is 0 Å². The monoisotopic (exact) mass is 401 g/mol. The average molecular weight is 401 g/mol. The summed E-state index contributed by atoms with van der Waals surface area (Å²) in [6.45, 7) is 1.64. The molecule has 9 nitrogen and oxygen atoms in total. The molecule has 1 aromatic carbocycles. The third-order valence-electron chi connectivity index (χ3n) is 4.43. The smallest absolute Gasteiger partial charge is 0.274 e. The Bertz CT molecular complexity index is 932. The Balaban J connectivity index is 1.67. The molecule has 0 atom stereocenters. The molecule has 0 bridgehead atoms. The van der Waals surface area contributed by atoms with E-state index < -0.39 is 11.5 Å². The Hall–Kier alpha value is -3.33. The van der Waals surface area contributed by atoms with E-state index in [1.54, 1.807) is 36.3 Å². The number of carbonyl (C=O) groups excluding carboxylic acids is 2. The lowest BCUT2D eigenvalue weighted by molar-refractivity contribution is -0.118. The zero-order valence-corrected chi connectivity index (χ0v) is 16.3. The van der Waals surface area contributed by atoms with Gasteiger partial charge >= 0.3 is 0 Å². The van der Waals surface area contributed by atoms with Crippen molar-refractivity contribution in [2.24, 2.45) is 7.05 Å². The molecule has 0 unspecified atom stereocenters. The summed E-state index contributed by atoms with van der Waals surface area (Å²) < 4.78 is 17.0. The summed E-state index contributed by atoms with van der Waals surface area (Å²) >= 11 is 0. The van der Waals surface area contributed by atoms with Crippen LogP contribution in [0.4, 0.5) is 5.69 Å². The minimum absolute atomic E-state index is 0.0231. The van der Waals surface area contributed by atoms with Gasteiger partial charge in [-0.1, -0.05) is 0 Å². The van der Waals surface area contributed by atoms with Crippen LogP contribution in [0, 0.1) is 0 Å². The van der Waals surface area contributed by atoms with Crippen molar-refractivity contribution in [3.05, 3.63) is 52.4 Å². The molecule has 0 radical (unpaired) electrons. The van der Waals surface area contributed by atoms with Gasteiger partial charge in [0.25, 0.3) is 17.4 Å². The van der Waals surface area contributed by atoms with Gasteiger partial charge in [0.15, 0.2) is 6.61 Å². The minimum Gasteiger partial charge on any atom is -0.497 e. The second-order valence-corrected chi connectivity index (χ2v) is 6.48. The fraction of sp³-hybridized carbons (Fsp3) is 0.350. The van der Waals surface area contributed by atoms with Crippen molar-refractivity contribution in [2.45, 2.75) is 0 Å². The number of morpholine rings is 1. The maximum Gasteiger partial charge on any atom is 0.274 e. The van der Waals surface area contributed by atoms with Crippen LogP contribution in [0.1, 0.15) is 10.4 Å². The van der Waals surface area contributed by atoms with Crippen LogP contribution in [-0.4, -0.2) is 61.3 Å². The molecule has 1 aliphatic heterocycles. The van der Waals surface area contributed by atoms with E-state index in [1.165, 1.54) is 23.9 Å². The molecule has 1 aromatic heterocycles. The number of carbonyl (C=O) groups is 2. The van der Waals surface area contributed by atoms with Gasteiger partial charge in [0, 0.05) is 26.3 Å². The molecule has 1 saturated heterocycles. The van der Waals surface area contributed by atoms with Crippen molar-refractivity contribution in [3.63, 3.8) is 0 Å². The van der Waals surface area contributed by atoms with E-state index in [0.29, 0.717) is 43.4 Å². The van der Waals surface area contributed by atoms with E-state index in [9.17, 15) is 14.4 Å². The lowest BCUT2D eigenvalue weighted by atomic mass is 10.2. The fourth-order valence-corrected chi connectivity index (χ4v) is 2.87. The van der Waals surface area contributed by atoms with Crippen molar-refractivity contribution >= 4 is 17.5 Å². The van der Waals surface area contributed by atoms with Gasteiger partial charge in [-0.2, -0.15) is 0 Å². The number of aromatic nitrogens is 1. The number of hydrogen-bond donors (Lipinski definition) is 1. The van der Waals surface area contributed by atoms with Gasteiger partial charge in [-0.05, 0) is 30.3 Å². The number of benzene rings is 1. The number of hydrogen-bond acceptors (Lipinski definition) is 6. The summed E-state index contributed by atoms with van der Waals surface area (Å²) in [5, 5.41) is 2.52. The van der Waals surface area contributed by atoms with Crippen LogP contribution >= 0.6 is 0 Å². The number of pyridine rings is 1. The summed E-state index contributed by atoms with van der Waals surface area (Å²) in [4.78, 5) is 38.9. The molecule has 1 fully saturated rings. The normalized spacial score (nSPS) is 13.7. The van der Waals surface area contributed by atoms with Gasteiger partial charge in [-0.3, -0.25) is 14.4 Å². The quantitative estimate of drug-likeness (QED) is 0.772. The van der Waals surface area contributed by atoms with Gasteiger partial charge in [0.1, 0.15) is 17.2 Å². The van der Waals surface area contributed by atoms with Gasteiger partial charge in [0.2, 0.25) is 0 Å². The number of amides is 2. The number of ether oxygens (including phenoxy) is 3. The van der Waals surface area contributed by atoms with Crippen molar-refractivity contribution < 1.29 is 23.8 Å². The molecular formula is C20H23N3O6. The highest BCUT2D eigenvalue weighted by molar-refractivity contribution is 5.97. The summed E-state index contributed by atoms with van der Waals surface area (Å²) in [7, 11) is 3.09. The maximum atomic E-state index is 12.7. The molecule has 29 heavy (non-hydrogen) atoms. The Kier molecular flexibility index (Phi) is 6.50. The molecule has 0 spiro atoms. The van der Waals surface area contributed by atoms with E-state index in [2.05, 4.69) is 5.32 Å². The van der Waals surface area contributed by atoms with Crippen molar-refractivity contribution in [3.8, 4) is 11.5 Å². The van der Waals surface area contributed by atoms with E-state index >= 15 is 0 Å². The van der Waals surface area contributed by atoms with E-state index in [0.717, 1.165) is 0 Å². The fourth-order valence-electron chi connectivity index (χ4n) is 2.87. The number of rotatable bonds is 6. The number of aryl methyl sites for hydroxylation is 1. The summed E-state index contributed by atoms with van der Waals surface area (Å²) in [5.74, 6) is 0.444. The molecule has 1 N–H and O–H groups in total. The predicted molar refractivity (Wildman–Crippen MR) is 106 cm³/mol. The Morgan fingerprint density at radius 2 is 1.79 bits per heavy atom. The number of anilines is 1. The van der Waals surface area contributed by atoms with Crippen molar-refractivity contribution in [2.75, 3.05) is 45.3 Å². The first-order valence-corrected chi connectivity index (χ1v) is 9.12. The molecule has 2 heterocycles. The van der Waals surface area contributed by atoms with E-state index in [1.807, 2.05) is 0 Å². The molecule has 2 amide bonds. The first-order valence-electron chi connectivity index (χ1n) is 9.12. The molecule has 0 aliphatic carbocycles. The standard InChI is InChI=1S/C20H23N3O6/c1-22-12-14(19(25)23-7-9-28-10-8-23)11-17(20(22)26)21-18(24)13-29-16-5-3-15(27-2)4-6-16/h3-6,11-12H,7-10,13H2,1-2H3,(H,21,24). The highest BCUT2D eigenvalue weighted by Gasteiger charge is 2.20. The van der Waals surface area contributed by atoms with Crippen LogP contribution in [0.25, 0.3) is 0 Å². The molecule has 3 rings (SSSR count). The lowest BCUT2D eigenvalue weighted by Crippen LogP contribution is -2.41. The largest absolute Gasteiger partial charge is 0.497 e. The summed E-state index contributed by atoms with van der Waals surface area (Å²) in [5.41, 5.74) is -0.0726. The van der Waals surface area contributed by atoms with Crippen molar-refractivity contribution in [1.82, 2.24) is 9.47 Å². The number of nitrogens with zero attached hydrogens (tertiary/aromatic N) is 2. The summed E-state index contributed by atoms with van der Waals surface area (Å²) in [6, 6.07) is 8.17. The maximum absolute atomic E-state index is 12.7. The first kappa shape index (κ1) is 20.4. The molecule has 1 aliphatic rings. The van der Waals surface area contributed by atoms with Crippen LogP contribution < -0.4 is 20.3 Å². The zero-order valence-electron chi connectivity index (χ0n) is 16.3. The third-order valence-corrected chi connectivity index (χ3v) is 4.43. The third kappa shape index (κ3) is 5.14. The van der Waals surface area contributed by atoms with Gasteiger partial charge in [-0.25, -0.2) is 0 Å². The molecule has 2 aromatic rings. The zero-order chi connectivity index (χ0) is 20.8. The predicted octanol–water partition coefficient (Wildman–Crippen LogP) is 0.884. The van der Waals surface area contributed by atoms with E-state index in [-0.39, 0.29) is 18.2 Å². The topological polar surface area (TPSA) is 99.1 Å². The molecule has 0 saturated carbocycles. The highest BCUT2D eigenvalue weighted by Crippen LogP contribution is 2.17. The second-order valence-electron chi connectivity index (χ2n) is 6.48. The first-order chi connectivity index (χ1) is 14.0. The average Bonchev–Trinajstić information content (AvgIpc) is 2.75. The molecular weight excluding hydrogens is 378 g/mol. The Morgan fingerprint density at radius 1 is 1.14 bits per heavy atom. The van der Waals surface area contributed by atoms with Crippen LogP contribution in [0.3, 0.4) is 0 Å². The highest BCUT2D eigenvalue weighted by atomic mass is 16.5. The number of methoxy groups -OCH3 is 1. The molecule has 154 valence electrons. The lowest BCUT2D eigenvalue weighted by Gasteiger charge is -2.27. The second kappa shape index (κ2) is 9.24. The Labute approximate surface area is 167 Å². The van der Waals surface area contributed by atoms with Crippen LogP contribution in [-0.2, 0) is 16.6 Å². The van der Waals surface area contributed by atoms with Gasteiger partial charge in [0.05, 0.1) is 25.9 Å². The van der Waals surface area contributed by atoms with E-state index in [4.69, 9.17) is 14.2 Å². The summed E-state index contributed by atoms with van der Waals surface area (Å²) in [6.07, 6.45) is 1.46.